The molecule has 5 heterocycles. The van der Waals surface area contributed by atoms with Crippen molar-refractivity contribution >= 4 is 17.7 Å². The lowest BCUT2D eigenvalue weighted by molar-refractivity contribution is -0.125. The van der Waals surface area contributed by atoms with Crippen molar-refractivity contribution in [2.24, 2.45) is 5.92 Å². The Labute approximate surface area is 222 Å². The van der Waals surface area contributed by atoms with Gasteiger partial charge in [0.05, 0.1) is 0 Å². The molecule has 4 aliphatic rings. The molecule has 9 heteroatoms. The van der Waals surface area contributed by atoms with Crippen molar-refractivity contribution in [3.63, 3.8) is 0 Å². The molecule has 3 N–H and O–H groups in total. The van der Waals surface area contributed by atoms with Crippen LogP contribution >= 0.6 is 0 Å². The summed E-state index contributed by atoms with van der Waals surface area (Å²) in [7, 11) is 0. The fourth-order valence-electron chi connectivity index (χ4n) is 6.72. The number of hydrogen-bond donors (Lipinski definition) is 3. The van der Waals surface area contributed by atoms with Gasteiger partial charge in [0, 0.05) is 63.1 Å². The van der Waals surface area contributed by atoms with Crippen LogP contribution < -0.4 is 20.9 Å². The molecule has 4 aliphatic heterocycles. The molecule has 2 atom stereocenters. The average Bonchev–Trinajstić information content (AvgIpc) is 3.25. The smallest absolute Gasteiger partial charge is 0.224 e. The van der Waals surface area contributed by atoms with E-state index < -0.39 is 0 Å². The minimum Gasteiger partial charge on any atom is -0.381 e. The number of anilines is 2. The second-order valence-electron chi connectivity index (χ2n) is 11.3. The highest BCUT2D eigenvalue weighted by Gasteiger charge is 2.36. The van der Waals surface area contributed by atoms with Crippen LogP contribution in [0.4, 0.5) is 11.8 Å². The number of carbonyl (C=O) groups excluding carboxylic acids is 1. The molecule has 1 amide bonds. The SMILES string of the molecule is O=C(NCC[C@@H]1[C@@H](Nc2nccc(N3CCCCCC3)n2)CCCN1C1CCOCC1)C1CCNCC1. The normalized spacial score (nSPS) is 27.0. The van der Waals surface area contributed by atoms with Gasteiger partial charge in [-0.15, -0.1) is 0 Å². The molecule has 1 aromatic heterocycles. The van der Waals surface area contributed by atoms with Gasteiger partial charge in [0.15, 0.2) is 0 Å². The molecule has 206 valence electrons. The number of nitrogens with zero attached hydrogens (tertiary/aromatic N) is 4. The number of amides is 1. The van der Waals surface area contributed by atoms with E-state index in [2.05, 4.69) is 36.8 Å². The number of likely N-dealkylation sites (tertiary alicyclic amines) is 1. The number of rotatable bonds is 8. The lowest BCUT2D eigenvalue weighted by atomic mass is 9.90. The Kier molecular flexibility index (Phi) is 9.87. The summed E-state index contributed by atoms with van der Waals surface area (Å²) in [5.41, 5.74) is 0. The summed E-state index contributed by atoms with van der Waals surface area (Å²) in [5.74, 6) is 2.17. The van der Waals surface area contributed by atoms with E-state index in [-0.39, 0.29) is 17.9 Å². The Bertz CT molecular complexity index is 836. The van der Waals surface area contributed by atoms with Crippen LogP contribution in [-0.4, -0.2) is 91.4 Å². The van der Waals surface area contributed by atoms with E-state index in [4.69, 9.17) is 9.72 Å². The zero-order valence-corrected chi connectivity index (χ0v) is 22.5. The maximum Gasteiger partial charge on any atom is 0.224 e. The van der Waals surface area contributed by atoms with Crippen LogP contribution in [0.2, 0.25) is 0 Å². The molecule has 0 aromatic carbocycles. The maximum absolute atomic E-state index is 12.8. The van der Waals surface area contributed by atoms with Gasteiger partial charge in [0.2, 0.25) is 11.9 Å². The molecular formula is C28H47N7O2. The molecule has 5 rings (SSSR count). The minimum atomic E-state index is 0.156. The number of nitrogens with one attached hydrogen (secondary N) is 3. The quantitative estimate of drug-likeness (QED) is 0.489. The van der Waals surface area contributed by atoms with Gasteiger partial charge < -0.3 is 25.6 Å². The summed E-state index contributed by atoms with van der Waals surface area (Å²) in [5, 5.41) is 10.4. The molecule has 0 spiro atoms. The van der Waals surface area contributed by atoms with E-state index in [0.29, 0.717) is 12.1 Å². The van der Waals surface area contributed by atoms with Crippen molar-refractivity contribution in [1.29, 1.82) is 0 Å². The van der Waals surface area contributed by atoms with Gasteiger partial charge in [-0.2, -0.15) is 4.98 Å². The van der Waals surface area contributed by atoms with Crippen LogP contribution in [0.25, 0.3) is 0 Å². The summed E-state index contributed by atoms with van der Waals surface area (Å²) >= 11 is 0. The number of carbonyl (C=O) groups is 1. The fourth-order valence-corrected chi connectivity index (χ4v) is 6.72. The summed E-state index contributed by atoms with van der Waals surface area (Å²) in [6.45, 7) is 7.58. The third-order valence-corrected chi connectivity index (χ3v) is 8.82. The van der Waals surface area contributed by atoms with Crippen molar-refractivity contribution in [2.45, 2.75) is 88.8 Å². The monoisotopic (exact) mass is 513 g/mol. The van der Waals surface area contributed by atoms with Crippen LogP contribution in [-0.2, 0) is 9.53 Å². The Hall–Kier alpha value is -1.97. The standard InChI is InChI=1S/C28H47N7O2/c36-27(22-7-13-29-14-8-22)30-15-9-25-24(6-5-19-35(25)23-11-20-37-21-12-23)32-28-31-16-10-26(33-28)34-17-3-1-2-4-18-34/h10,16,22-25,29H,1-9,11-15,17-21H2,(H,30,36)(H,31,32,33)/t24-,25+/m0/s1. The second-order valence-corrected chi connectivity index (χ2v) is 11.3. The third kappa shape index (κ3) is 7.33. The van der Waals surface area contributed by atoms with E-state index in [1.54, 1.807) is 0 Å². The first-order valence-electron chi connectivity index (χ1n) is 14.9. The van der Waals surface area contributed by atoms with E-state index in [1.807, 2.05) is 6.20 Å². The lowest BCUT2D eigenvalue weighted by Crippen LogP contribution is -2.57. The van der Waals surface area contributed by atoms with Crippen LogP contribution in [0.3, 0.4) is 0 Å². The molecule has 1 aromatic rings. The topological polar surface area (TPSA) is 94.7 Å². The molecule has 37 heavy (non-hydrogen) atoms. The molecule has 9 nitrogen and oxygen atoms in total. The number of ether oxygens (including phenoxy) is 1. The van der Waals surface area contributed by atoms with Gasteiger partial charge in [0.1, 0.15) is 5.82 Å². The van der Waals surface area contributed by atoms with Crippen molar-refractivity contribution < 1.29 is 9.53 Å². The van der Waals surface area contributed by atoms with E-state index in [0.717, 1.165) is 103 Å². The molecule has 0 aliphatic carbocycles. The summed E-state index contributed by atoms with van der Waals surface area (Å²) in [4.78, 5) is 27.5. The van der Waals surface area contributed by atoms with Gasteiger partial charge in [-0.3, -0.25) is 9.69 Å². The molecular weight excluding hydrogens is 466 g/mol. The Morgan fingerprint density at radius 3 is 2.57 bits per heavy atom. The van der Waals surface area contributed by atoms with Crippen molar-refractivity contribution in [1.82, 2.24) is 25.5 Å². The fraction of sp³-hybridized carbons (Fsp3) is 0.821. The van der Waals surface area contributed by atoms with Gasteiger partial charge in [-0.05, 0) is 83.5 Å². The molecule has 0 unspecified atom stereocenters. The average molecular weight is 514 g/mol. The number of piperidine rings is 2. The largest absolute Gasteiger partial charge is 0.381 e. The first-order valence-corrected chi connectivity index (χ1v) is 14.9. The summed E-state index contributed by atoms with van der Waals surface area (Å²) < 4.78 is 5.68. The highest BCUT2D eigenvalue weighted by molar-refractivity contribution is 5.78. The van der Waals surface area contributed by atoms with Gasteiger partial charge >= 0.3 is 0 Å². The van der Waals surface area contributed by atoms with Gasteiger partial charge in [-0.25, -0.2) is 4.98 Å². The summed E-state index contributed by atoms with van der Waals surface area (Å²) in [6, 6.07) is 3.22. The van der Waals surface area contributed by atoms with Crippen LogP contribution in [0.5, 0.6) is 0 Å². The summed E-state index contributed by atoms with van der Waals surface area (Å²) in [6.07, 6.45) is 14.3. The van der Waals surface area contributed by atoms with Crippen LogP contribution in [0.1, 0.15) is 70.6 Å². The van der Waals surface area contributed by atoms with Crippen molar-refractivity contribution in [2.75, 3.05) is 62.7 Å². The van der Waals surface area contributed by atoms with Gasteiger partial charge in [-0.1, -0.05) is 12.8 Å². The predicted molar refractivity (Wildman–Crippen MR) is 147 cm³/mol. The van der Waals surface area contributed by atoms with E-state index in [9.17, 15) is 4.79 Å². The zero-order valence-electron chi connectivity index (χ0n) is 22.5. The van der Waals surface area contributed by atoms with E-state index in [1.165, 1.54) is 32.1 Å². The Balaban J connectivity index is 1.25. The molecule has 0 bridgehead atoms. The van der Waals surface area contributed by atoms with Crippen LogP contribution in [0, 0.1) is 5.92 Å². The molecule has 4 saturated heterocycles. The Morgan fingerprint density at radius 1 is 1.00 bits per heavy atom. The van der Waals surface area contributed by atoms with Crippen molar-refractivity contribution in [3.8, 4) is 0 Å². The predicted octanol–water partition coefficient (Wildman–Crippen LogP) is 2.79. The highest BCUT2D eigenvalue weighted by atomic mass is 16.5. The van der Waals surface area contributed by atoms with Crippen LogP contribution in [0.15, 0.2) is 12.3 Å². The first kappa shape index (κ1) is 26.6. The van der Waals surface area contributed by atoms with E-state index >= 15 is 0 Å². The zero-order chi connectivity index (χ0) is 25.3. The second kappa shape index (κ2) is 13.7. The Morgan fingerprint density at radius 2 is 1.78 bits per heavy atom. The number of aromatic nitrogens is 2. The highest BCUT2D eigenvalue weighted by Crippen LogP contribution is 2.29. The molecule has 0 radical (unpaired) electrons. The van der Waals surface area contributed by atoms with Gasteiger partial charge in [0.25, 0.3) is 0 Å². The minimum absolute atomic E-state index is 0.156. The first-order chi connectivity index (χ1) is 18.3. The molecule has 4 fully saturated rings. The molecule has 0 saturated carbocycles. The maximum atomic E-state index is 12.8. The number of hydrogen-bond acceptors (Lipinski definition) is 8. The lowest BCUT2D eigenvalue weighted by Gasteiger charge is -2.47. The third-order valence-electron chi connectivity index (χ3n) is 8.82. The van der Waals surface area contributed by atoms with Crippen molar-refractivity contribution in [3.05, 3.63) is 12.3 Å².